The zero-order chi connectivity index (χ0) is 29.0. The second kappa shape index (κ2) is 12.0. The highest BCUT2D eigenvalue weighted by Gasteiger charge is 2.29. The van der Waals surface area contributed by atoms with E-state index in [0.29, 0.717) is 10.8 Å². The van der Waals surface area contributed by atoms with Crippen LogP contribution in [0.5, 0.6) is 5.75 Å². The van der Waals surface area contributed by atoms with Crippen LogP contribution in [0.25, 0.3) is 5.69 Å². The Hall–Kier alpha value is -4.08. The molecule has 0 aliphatic carbocycles. The fourth-order valence-electron chi connectivity index (χ4n) is 4.40. The van der Waals surface area contributed by atoms with Crippen LogP contribution in [0, 0.1) is 27.7 Å². The molecule has 0 spiro atoms. The molecule has 1 heterocycles. The summed E-state index contributed by atoms with van der Waals surface area (Å²) in [4.78, 5) is 13.1. The zero-order valence-electron chi connectivity index (χ0n) is 23.0. The summed E-state index contributed by atoms with van der Waals surface area (Å²) in [5.74, 6) is -0.287. The number of hydrogen-bond acceptors (Lipinski definition) is 5. The minimum Gasteiger partial charge on any atom is -0.495 e. The van der Waals surface area contributed by atoms with Crippen LogP contribution in [0.3, 0.4) is 0 Å². The molecule has 4 rings (SSSR count). The number of carbonyl (C=O) groups is 1. The van der Waals surface area contributed by atoms with Gasteiger partial charge in [0.05, 0.1) is 23.9 Å². The number of amides is 1. The monoisotopic (exact) mass is 578 g/mol. The lowest BCUT2D eigenvalue weighted by Crippen LogP contribution is -2.39. The average Bonchev–Trinajstić information content (AvgIpc) is 3.19. The maximum absolute atomic E-state index is 13.7. The van der Waals surface area contributed by atoms with E-state index >= 15 is 0 Å². The van der Waals surface area contributed by atoms with Gasteiger partial charge in [0.15, 0.2) is 0 Å². The first-order chi connectivity index (χ1) is 19.0. The quantitative estimate of drug-likeness (QED) is 0.203. The number of hydrazone groups is 1. The van der Waals surface area contributed by atoms with Gasteiger partial charge in [0.2, 0.25) is 0 Å². The summed E-state index contributed by atoms with van der Waals surface area (Å²) in [5.41, 5.74) is 8.04. The van der Waals surface area contributed by atoms with Gasteiger partial charge >= 0.3 is 0 Å². The number of halogens is 1. The molecule has 8 nitrogen and oxygen atoms in total. The van der Waals surface area contributed by atoms with E-state index in [0.717, 1.165) is 38.1 Å². The highest BCUT2D eigenvalue weighted by Crippen LogP contribution is 2.33. The number of aromatic nitrogens is 1. The van der Waals surface area contributed by atoms with E-state index < -0.39 is 22.5 Å². The van der Waals surface area contributed by atoms with E-state index in [9.17, 15) is 13.2 Å². The Morgan fingerprint density at radius 2 is 1.70 bits per heavy atom. The molecule has 1 aromatic heterocycles. The van der Waals surface area contributed by atoms with Crippen LogP contribution in [-0.4, -0.2) is 38.8 Å². The summed E-state index contributed by atoms with van der Waals surface area (Å²) < 4.78 is 36.0. The summed E-state index contributed by atoms with van der Waals surface area (Å²) in [7, 11) is -2.66. The van der Waals surface area contributed by atoms with Crippen molar-refractivity contribution in [2.24, 2.45) is 5.10 Å². The van der Waals surface area contributed by atoms with E-state index in [1.165, 1.54) is 25.5 Å². The highest BCUT2D eigenvalue weighted by molar-refractivity contribution is 7.92. The normalized spacial score (nSPS) is 11.6. The van der Waals surface area contributed by atoms with Crippen molar-refractivity contribution in [1.29, 1.82) is 0 Å². The summed E-state index contributed by atoms with van der Waals surface area (Å²) in [6, 6.07) is 21.1. The number of carbonyl (C=O) groups excluding carboxylic acids is 1. The van der Waals surface area contributed by atoms with Gasteiger partial charge < -0.3 is 9.30 Å². The number of nitrogens with zero attached hydrogens (tertiary/aromatic N) is 3. The Labute approximate surface area is 239 Å². The second-order valence-electron chi connectivity index (χ2n) is 9.43. The number of sulfonamides is 1. The highest BCUT2D eigenvalue weighted by atomic mass is 35.5. The van der Waals surface area contributed by atoms with Crippen LogP contribution in [0.4, 0.5) is 5.69 Å². The number of rotatable bonds is 9. The van der Waals surface area contributed by atoms with Crippen molar-refractivity contribution in [3.05, 3.63) is 106 Å². The van der Waals surface area contributed by atoms with Gasteiger partial charge in [-0.3, -0.25) is 9.10 Å². The molecule has 0 saturated carbocycles. The lowest BCUT2D eigenvalue weighted by Gasteiger charge is -2.25. The Morgan fingerprint density at radius 1 is 1.00 bits per heavy atom. The molecule has 0 saturated heterocycles. The van der Waals surface area contributed by atoms with Crippen LogP contribution in [0.15, 0.2) is 82.8 Å². The SMILES string of the molecule is COc1ccc(C)cc1N(CC(=O)N/N=C\c1cc(C)n(-c2cccc(Cl)c2)c1C)S(=O)(=O)c1ccc(C)cc1. The van der Waals surface area contributed by atoms with Gasteiger partial charge in [-0.25, -0.2) is 13.8 Å². The van der Waals surface area contributed by atoms with Gasteiger partial charge in [-0.2, -0.15) is 5.10 Å². The lowest BCUT2D eigenvalue weighted by atomic mass is 10.2. The molecule has 1 amide bonds. The molecule has 0 radical (unpaired) electrons. The van der Waals surface area contributed by atoms with E-state index in [2.05, 4.69) is 10.5 Å². The molecule has 0 aliphatic rings. The molecule has 0 fully saturated rings. The Balaban J connectivity index is 1.61. The third kappa shape index (κ3) is 6.21. The Morgan fingerprint density at radius 3 is 2.38 bits per heavy atom. The number of aryl methyl sites for hydroxylation is 3. The minimum atomic E-state index is -4.11. The number of benzene rings is 3. The minimum absolute atomic E-state index is 0.0615. The van der Waals surface area contributed by atoms with Crippen LogP contribution in [0.1, 0.15) is 28.1 Å². The largest absolute Gasteiger partial charge is 0.495 e. The smallest absolute Gasteiger partial charge is 0.264 e. The molecule has 40 heavy (non-hydrogen) atoms. The van der Waals surface area contributed by atoms with E-state index in [4.69, 9.17) is 16.3 Å². The van der Waals surface area contributed by atoms with Crippen LogP contribution in [0.2, 0.25) is 5.02 Å². The van der Waals surface area contributed by atoms with Crippen LogP contribution < -0.4 is 14.5 Å². The molecule has 0 aliphatic heterocycles. The summed E-state index contributed by atoms with van der Waals surface area (Å²) in [6.45, 7) is 7.11. The fraction of sp³-hybridized carbons (Fsp3) is 0.200. The molecule has 4 aromatic rings. The third-order valence-electron chi connectivity index (χ3n) is 6.43. The molecular formula is C30H31ClN4O4S. The first-order valence-corrected chi connectivity index (χ1v) is 14.3. The van der Waals surface area contributed by atoms with E-state index in [-0.39, 0.29) is 10.6 Å². The maximum Gasteiger partial charge on any atom is 0.264 e. The Kier molecular flexibility index (Phi) is 8.66. The van der Waals surface area contributed by atoms with Gasteiger partial charge in [0, 0.05) is 27.7 Å². The van der Waals surface area contributed by atoms with Gasteiger partial charge in [0.1, 0.15) is 12.3 Å². The van der Waals surface area contributed by atoms with E-state index in [1.807, 2.05) is 68.7 Å². The standard InChI is InChI=1S/C30H31ClN4O4S/c1-20-9-12-27(13-10-20)40(37,38)34(28-15-21(2)11-14-29(28)39-5)19-30(36)33-32-18-24-16-22(3)35(23(24)4)26-8-6-7-25(31)17-26/h6-18H,19H2,1-5H3,(H,33,36)/b32-18-. The molecule has 0 unspecified atom stereocenters. The van der Waals surface area contributed by atoms with Crippen molar-refractivity contribution in [2.75, 3.05) is 18.0 Å². The number of methoxy groups -OCH3 is 1. The summed E-state index contributed by atoms with van der Waals surface area (Å²) in [5, 5.41) is 4.75. The predicted octanol–water partition coefficient (Wildman–Crippen LogP) is 5.72. The molecular weight excluding hydrogens is 548 g/mol. The topological polar surface area (TPSA) is 93.0 Å². The van der Waals surface area contributed by atoms with Gasteiger partial charge in [-0.15, -0.1) is 0 Å². The zero-order valence-corrected chi connectivity index (χ0v) is 24.5. The molecule has 1 N–H and O–H groups in total. The van der Waals surface area contributed by atoms with Gasteiger partial charge in [-0.1, -0.05) is 41.4 Å². The average molecular weight is 579 g/mol. The fourth-order valence-corrected chi connectivity index (χ4v) is 6.01. The number of nitrogens with one attached hydrogen (secondary N) is 1. The van der Waals surface area contributed by atoms with Crippen molar-refractivity contribution in [3.8, 4) is 11.4 Å². The Bertz CT molecular complexity index is 1680. The second-order valence-corrected chi connectivity index (χ2v) is 11.7. The molecule has 0 atom stereocenters. The molecule has 208 valence electrons. The van der Waals surface area contributed by atoms with Crippen molar-refractivity contribution < 1.29 is 17.9 Å². The molecule has 0 bridgehead atoms. The van der Waals surface area contributed by atoms with Gasteiger partial charge in [-0.05, 0) is 81.8 Å². The summed E-state index contributed by atoms with van der Waals surface area (Å²) in [6.07, 6.45) is 1.54. The van der Waals surface area contributed by atoms with Crippen molar-refractivity contribution in [1.82, 2.24) is 9.99 Å². The van der Waals surface area contributed by atoms with Crippen molar-refractivity contribution >= 4 is 39.4 Å². The number of ether oxygens (including phenoxy) is 1. The predicted molar refractivity (Wildman–Crippen MR) is 159 cm³/mol. The lowest BCUT2D eigenvalue weighted by molar-refractivity contribution is -0.119. The third-order valence-corrected chi connectivity index (χ3v) is 8.44. The molecule has 3 aromatic carbocycles. The number of anilines is 1. The first kappa shape index (κ1) is 28.9. The maximum atomic E-state index is 13.7. The summed E-state index contributed by atoms with van der Waals surface area (Å²) >= 11 is 6.17. The van der Waals surface area contributed by atoms with Crippen LogP contribution in [-0.2, 0) is 14.8 Å². The number of hydrogen-bond donors (Lipinski definition) is 1. The van der Waals surface area contributed by atoms with Crippen molar-refractivity contribution in [2.45, 2.75) is 32.6 Å². The van der Waals surface area contributed by atoms with Gasteiger partial charge in [0.25, 0.3) is 15.9 Å². The first-order valence-electron chi connectivity index (χ1n) is 12.5. The van der Waals surface area contributed by atoms with E-state index in [1.54, 1.807) is 24.3 Å². The van der Waals surface area contributed by atoms with Crippen LogP contribution >= 0.6 is 11.6 Å². The van der Waals surface area contributed by atoms with Crippen molar-refractivity contribution in [3.63, 3.8) is 0 Å². The molecule has 10 heteroatoms.